The van der Waals surface area contributed by atoms with Crippen molar-refractivity contribution in [2.45, 2.75) is 297 Å². The fourth-order valence-electron chi connectivity index (χ4n) is 8.66. The Morgan fingerprint density at radius 1 is 0.273 bits per heavy atom. The van der Waals surface area contributed by atoms with Crippen LogP contribution in [0.25, 0.3) is 0 Å². The fourth-order valence-corrected chi connectivity index (χ4v) is 8.66. The molecule has 438 valence electrons. The normalized spacial score (nSPS) is 12.9. The Labute approximate surface area is 475 Å². The average Bonchev–Trinajstić information content (AvgIpc) is 3.43. The molecule has 0 rings (SSSR count). The van der Waals surface area contributed by atoms with Gasteiger partial charge in [-0.1, -0.05) is 277 Å². The molecule has 1 unspecified atom stereocenters. The summed E-state index contributed by atoms with van der Waals surface area (Å²) < 4.78 is 16.8. The van der Waals surface area contributed by atoms with Crippen LogP contribution in [0.15, 0.2) is 122 Å². The largest absolute Gasteiger partial charge is 0.462 e. The van der Waals surface area contributed by atoms with Crippen molar-refractivity contribution in [3.05, 3.63) is 122 Å². The molecule has 0 bridgehead atoms. The molecular formula is C71H118O6. The van der Waals surface area contributed by atoms with Gasteiger partial charge in [-0.05, 0) is 116 Å². The van der Waals surface area contributed by atoms with Gasteiger partial charge in [-0.15, -0.1) is 0 Å². The lowest BCUT2D eigenvalue weighted by Gasteiger charge is -2.18. The van der Waals surface area contributed by atoms with Crippen LogP contribution in [0.3, 0.4) is 0 Å². The molecule has 0 heterocycles. The topological polar surface area (TPSA) is 78.9 Å². The standard InChI is InChI=1S/C71H118O6/c1-4-7-10-13-16-19-22-25-27-29-31-32-33-34-35-36-37-38-40-41-43-46-49-52-55-58-61-64-70(73)76-67-68(66-75-69(72)63-60-57-54-51-48-45-24-21-18-15-12-9-6-3)77-71(74)65-62-59-56-53-50-47-44-42-39-30-28-26-23-20-17-14-11-8-5-2/h8,11-12,15,17,20-22,24-26,28-29,31,39,42,47,50,56,59,68H,4-7,9-10,13-14,16,18-19,23,27,30,32-38,40-41,43-46,48-49,51-55,57-58,60-67H2,1-3H3/b11-8-,15-12-,20-17-,24-21-,25-22-,28-26-,31-29-,42-39-,50-47-,59-56-. The first kappa shape index (κ1) is 72.8. The molecule has 0 saturated carbocycles. The van der Waals surface area contributed by atoms with E-state index < -0.39 is 12.1 Å². The van der Waals surface area contributed by atoms with Gasteiger partial charge in [0.2, 0.25) is 0 Å². The number of carbonyl (C=O) groups is 3. The summed E-state index contributed by atoms with van der Waals surface area (Å²) in [6.45, 7) is 6.39. The summed E-state index contributed by atoms with van der Waals surface area (Å²) >= 11 is 0. The number of esters is 3. The molecule has 0 aromatic heterocycles. The predicted octanol–water partition coefficient (Wildman–Crippen LogP) is 22.0. The number of carbonyl (C=O) groups excluding carboxylic acids is 3. The van der Waals surface area contributed by atoms with Gasteiger partial charge in [0, 0.05) is 19.3 Å². The van der Waals surface area contributed by atoms with E-state index in [0.29, 0.717) is 19.3 Å². The maximum absolute atomic E-state index is 12.9. The summed E-state index contributed by atoms with van der Waals surface area (Å²) in [5, 5.41) is 0. The lowest BCUT2D eigenvalue weighted by molar-refractivity contribution is -0.166. The van der Waals surface area contributed by atoms with Crippen LogP contribution in [0.5, 0.6) is 0 Å². The van der Waals surface area contributed by atoms with E-state index in [1.54, 1.807) is 0 Å². The van der Waals surface area contributed by atoms with E-state index in [-0.39, 0.29) is 31.6 Å². The van der Waals surface area contributed by atoms with Crippen LogP contribution in [-0.2, 0) is 28.6 Å². The van der Waals surface area contributed by atoms with E-state index >= 15 is 0 Å². The van der Waals surface area contributed by atoms with E-state index in [9.17, 15) is 14.4 Å². The van der Waals surface area contributed by atoms with Gasteiger partial charge in [0.15, 0.2) is 6.10 Å². The summed E-state index contributed by atoms with van der Waals surface area (Å²) in [6, 6.07) is 0. The van der Waals surface area contributed by atoms with Crippen LogP contribution < -0.4 is 0 Å². The van der Waals surface area contributed by atoms with Crippen LogP contribution in [0, 0.1) is 0 Å². The van der Waals surface area contributed by atoms with Gasteiger partial charge >= 0.3 is 17.9 Å². The van der Waals surface area contributed by atoms with Crippen molar-refractivity contribution in [3.8, 4) is 0 Å². The van der Waals surface area contributed by atoms with Crippen LogP contribution in [0.2, 0.25) is 0 Å². The van der Waals surface area contributed by atoms with E-state index in [1.165, 1.54) is 128 Å². The van der Waals surface area contributed by atoms with Gasteiger partial charge in [0.05, 0.1) is 0 Å². The zero-order chi connectivity index (χ0) is 55.7. The van der Waals surface area contributed by atoms with Crippen molar-refractivity contribution < 1.29 is 28.6 Å². The first-order valence-corrected chi connectivity index (χ1v) is 32.0. The molecule has 0 aliphatic carbocycles. The Morgan fingerprint density at radius 2 is 0.558 bits per heavy atom. The van der Waals surface area contributed by atoms with Crippen molar-refractivity contribution in [2.24, 2.45) is 0 Å². The molecule has 0 aliphatic rings. The molecule has 0 saturated heterocycles. The molecule has 0 radical (unpaired) electrons. The highest BCUT2D eigenvalue weighted by atomic mass is 16.6. The van der Waals surface area contributed by atoms with Crippen molar-refractivity contribution in [3.63, 3.8) is 0 Å². The number of hydrogen-bond donors (Lipinski definition) is 0. The number of hydrogen-bond acceptors (Lipinski definition) is 6. The quantitative estimate of drug-likeness (QED) is 0.0261. The molecule has 0 spiro atoms. The highest BCUT2D eigenvalue weighted by Crippen LogP contribution is 2.16. The van der Waals surface area contributed by atoms with Gasteiger partial charge in [0.1, 0.15) is 13.2 Å². The van der Waals surface area contributed by atoms with Crippen molar-refractivity contribution in [1.82, 2.24) is 0 Å². The molecular weight excluding hydrogens is 949 g/mol. The first-order valence-electron chi connectivity index (χ1n) is 32.0. The van der Waals surface area contributed by atoms with Crippen LogP contribution in [0.4, 0.5) is 0 Å². The third-order valence-electron chi connectivity index (χ3n) is 13.4. The monoisotopic (exact) mass is 1070 g/mol. The predicted molar refractivity (Wildman–Crippen MR) is 334 cm³/mol. The molecule has 6 heteroatoms. The molecule has 0 N–H and O–H groups in total. The number of rotatable bonds is 57. The van der Waals surface area contributed by atoms with Gasteiger partial charge in [-0.25, -0.2) is 0 Å². The summed E-state index contributed by atoms with van der Waals surface area (Å²) in [5.74, 6) is -1.01. The summed E-state index contributed by atoms with van der Waals surface area (Å²) in [7, 11) is 0. The molecule has 0 fully saturated rings. The van der Waals surface area contributed by atoms with E-state index in [2.05, 4.69) is 136 Å². The minimum Gasteiger partial charge on any atom is -0.462 e. The molecule has 0 aliphatic heterocycles. The smallest absolute Gasteiger partial charge is 0.306 e. The number of unbranched alkanes of at least 4 members (excludes halogenated alkanes) is 26. The van der Waals surface area contributed by atoms with Crippen molar-refractivity contribution in [2.75, 3.05) is 13.2 Å². The third-order valence-corrected chi connectivity index (χ3v) is 13.4. The van der Waals surface area contributed by atoms with Gasteiger partial charge in [-0.3, -0.25) is 14.4 Å². The Morgan fingerprint density at radius 3 is 0.896 bits per heavy atom. The lowest BCUT2D eigenvalue weighted by Crippen LogP contribution is -2.30. The van der Waals surface area contributed by atoms with Crippen molar-refractivity contribution in [1.29, 1.82) is 0 Å². The Bertz CT molecular complexity index is 1600. The molecule has 0 amide bonds. The molecule has 0 aromatic rings. The second-order valence-electron chi connectivity index (χ2n) is 20.9. The van der Waals surface area contributed by atoms with Gasteiger partial charge in [-0.2, -0.15) is 0 Å². The SMILES string of the molecule is CC/C=C\C/C=C\C/C=C\C/C=C\C/C=C\C/C=C\CCC(=O)OC(COC(=O)CCCCCCC/C=C\C/C=C\CCC)COC(=O)CCCCCCCCCCCCCCCCC/C=C\C/C=C\CCCCCCC. The lowest BCUT2D eigenvalue weighted by atomic mass is 10.0. The van der Waals surface area contributed by atoms with Crippen LogP contribution in [0.1, 0.15) is 290 Å². The van der Waals surface area contributed by atoms with E-state index in [0.717, 1.165) is 116 Å². The summed E-state index contributed by atoms with van der Waals surface area (Å²) in [4.78, 5) is 38.2. The molecule has 77 heavy (non-hydrogen) atoms. The number of ether oxygens (including phenoxy) is 3. The molecule has 0 aromatic carbocycles. The molecule has 6 nitrogen and oxygen atoms in total. The summed E-state index contributed by atoms with van der Waals surface area (Å²) in [5.41, 5.74) is 0. The fraction of sp³-hybridized carbons (Fsp3) is 0.676. The Hall–Kier alpha value is -4.19. The minimum absolute atomic E-state index is 0.114. The maximum atomic E-state index is 12.9. The maximum Gasteiger partial charge on any atom is 0.306 e. The molecule has 1 atom stereocenters. The second kappa shape index (κ2) is 64.3. The second-order valence-corrected chi connectivity index (χ2v) is 20.9. The van der Waals surface area contributed by atoms with Crippen molar-refractivity contribution >= 4 is 17.9 Å². The van der Waals surface area contributed by atoms with E-state index in [4.69, 9.17) is 14.2 Å². The van der Waals surface area contributed by atoms with Crippen LogP contribution >= 0.6 is 0 Å². The third kappa shape index (κ3) is 62.5. The summed E-state index contributed by atoms with van der Waals surface area (Å²) in [6.07, 6.45) is 89.4. The minimum atomic E-state index is -0.828. The first-order chi connectivity index (χ1) is 38.0. The average molecular weight is 1070 g/mol. The zero-order valence-corrected chi connectivity index (χ0v) is 50.2. The van der Waals surface area contributed by atoms with E-state index in [1.807, 2.05) is 6.08 Å². The van der Waals surface area contributed by atoms with Gasteiger partial charge < -0.3 is 14.2 Å². The van der Waals surface area contributed by atoms with Gasteiger partial charge in [0.25, 0.3) is 0 Å². The Balaban J connectivity index is 4.37. The highest BCUT2D eigenvalue weighted by molar-refractivity contribution is 5.71. The number of allylic oxidation sites excluding steroid dienone is 20. The zero-order valence-electron chi connectivity index (χ0n) is 50.2. The Kier molecular flexibility index (Phi) is 60.8. The van der Waals surface area contributed by atoms with Crippen LogP contribution in [-0.4, -0.2) is 37.2 Å². The highest BCUT2D eigenvalue weighted by Gasteiger charge is 2.19.